The molecule has 21 heavy (non-hydrogen) atoms. The molecule has 1 aliphatic heterocycles. The molecule has 2 aromatic rings. The fourth-order valence-electron chi connectivity index (χ4n) is 2.93. The van der Waals surface area contributed by atoms with Gasteiger partial charge in [-0.05, 0) is 43.2 Å². The Morgan fingerprint density at radius 3 is 2.62 bits per heavy atom. The predicted molar refractivity (Wildman–Crippen MR) is 81.9 cm³/mol. The zero-order valence-corrected chi connectivity index (χ0v) is 12.6. The number of aryl methyl sites for hydroxylation is 2. The van der Waals surface area contributed by atoms with Crippen molar-refractivity contribution < 1.29 is 14.6 Å². The zero-order valence-electron chi connectivity index (χ0n) is 12.6. The number of methoxy groups -OCH3 is 1. The van der Waals surface area contributed by atoms with E-state index in [-0.39, 0.29) is 6.10 Å². The molecule has 0 saturated heterocycles. The summed E-state index contributed by atoms with van der Waals surface area (Å²) in [6.45, 7) is 4.16. The van der Waals surface area contributed by atoms with Gasteiger partial charge in [-0.1, -0.05) is 23.8 Å². The minimum Gasteiger partial charge on any atom is -0.497 e. The summed E-state index contributed by atoms with van der Waals surface area (Å²) < 4.78 is 11.3. The van der Waals surface area contributed by atoms with Crippen LogP contribution >= 0.6 is 0 Å². The quantitative estimate of drug-likeness (QED) is 0.910. The molecule has 0 aliphatic carbocycles. The number of fused-ring (bicyclic) bond motifs is 1. The lowest BCUT2D eigenvalue weighted by atomic mass is 9.92. The molecule has 3 nitrogen and oxygen atoms in total. The molecule has 2 aromatic carbocycles. The van der Waals surface area contributed by atoms with Gasteiger partial charge in [0.15, 0.2) is 0 Å². The Morgan fingerprint density at radius 1 is 1.10 bits per heavy atom. The van der Waals surface area contributed by atoms with Gasteiger partial charge >= 0.3 is 0 Å². The van der Waals surface area contributed by atoms with E-state index in [9.17, 15) is 5.11 Å². The van der Waals surface area contributed by atoms with Crippen molar-refractivity contribution in [3.05, 3.63) is 58.7 Å². The summed E-state index contributed by atoms with van der Waals surface area (Å²) in [6.07, 6.45) is -0.0830. The summed E-state index contributed by atoms with van der Waals surface area (Å²) in [6, 6.07) is 11.9. The van der Waals surface area contributed by atoms with E-state index in [2.05, 4.69) is 32.0 Å². The molecule has 1 heterocycles. The lowest BCUT2D eigenvalue weighted by Gasteiger charge is -2.31. The van der Waals surface area contributed by atoms with Crippen molar-refractivity contribution in [1.29, 1.82) is 0 Å². The summed E-state index contributed by atoms with van der Waals surface area (Å²) in [5.74, 6) is 1.47. The first-order chi connectivity index (χ1) is 10.1. The third kappa shape index (κ3) is 2.61. The highest BCUT2D eigenvalue weighted by Crippen LogP contribution is 2.42. The molecule has 110 valence electrons. The van der Waals surface area contributed by atoms with E-state index in [1.165, 1.54) is 11.1 Å². The van der Waals surface area contributed by atoms with Gasteiger partial charge in [-0.25, -0.2) is 0 Å². The molecule has 0 aromatic heterocycles. The smallest absolute Gasteiger partial charge is 0.127 e. The highest BCUT2D eigenvalue weighted by Gasteiger charge is 2.29. The van der Waals surface area contributed by atoms with Gasteiger partial charge in [0.25, 0.3) is 0 Å². The van der Waals surface area contributed by atoms with Crippen LogP contribution in [0, 0.1) is 13.8 Å². The number of rotatable bonds is 2. The average molecular weight is 284 g/mol. The maximum atomic E-state index is 10.4. The third-order valence-electron chi connectivity index (χ3n) is 4.05. The first kappa shape index (κ1) is 14.0. The second kappa shape index (κ2) is 5.41. The molecule has 0 amide bonds. The van der Waals surface area contributed by atoms with E-state index < -0.39 is 6.10 Å². The van der Waals surface area contributed by atoms with E-state index in [0.29, 0.717) is 6.42 Å². The van der Waals surface area contributed by atoms with Crippen LogP contribution in [0.5, 0.6) is 11.5 Å². The molecule has 2 atom stereocenters. The van der Waals surface area contributed by atoms with Gasteiger partial charge in [-0.3, -0.25) is 0 Å². The van der Waals surface area contributed by atoms with Crippen LogP contribution < -0.4 is 9.47 Å². The van der Waals surface area contributed by atoms with Crippen LogP contribution in [-0.4, -0.2) is 12.2 Å². The van der Waals surface area contributed by atoms with Crippen LogP contribution in [0.3, 0.4) is 0 Å². The largest absolute Gasteiger partial charge is 0.497 e. The molecule has 0 bridgehead atoms. The molecule has 0 fully saturated rings. The number of aliphatic hydroxyl groups is 1. The lowest BCUT2D eigenvalue weighted by Crippen LogP contribution is -2.19. The number of hydrogen-bond donors (Lipinski definition) is 1. The Hall–Kier alpha value is -2.00. The fourth-order valence-corrected chi connectivity index (χ4v) is 2.93. The molecule has 1 N–H and O–H groups in total. The normalized spacial score (nSPS) is 20.6. The summed E-state index contributed by atoms with van der Waals surface area (Å²) >= 11 is 0. The van der Waals surface area contributed by atoms with Crippen molar-refractivity contribution in [1.82, 2.24) is 0 Å². The molecule has 1 aliphatic rings. The predicted octanol–water partition coefficient (Wildman–Crippen LogP) is 3.87. The lowest BCUT2D eigenvalue weighted by molar-refractivity contribution is 0.0652. The molecule has 2 unspecified atom stereocenters. The van der Waals surface area contributed by atoms with Crippen molar-refractivity contribution in [2.75, 3.05) is 7.11 Å². The number of aliphatic hydroxyl groups excluding tert-OH is 1. The molecule has 3 rings (SSSR count). The van der Waals surface area contributed by atoms with Gasteiger partial charge in [-0.2, -0.15) is 0 Å². The summed E-state index contributed by atoms with van der Waals surface area (Å²) in [5.41, 5.74) is 4.37. The number of benzene rings is 2. The zero-order chi connectivity index (χ0) is 15.0. The third-order valence-corrected chi connectivity index (χ3v) is 4.05. The molecule has 0 spiro atoms. The van der Waals surface area contributed by atoms with Gasteiger partial charge in [-0.15, -0.1) is 0 Å². The van der Waals surface area contributed by atoms with Crippen molar-refractivity contribution in [2.45, 2.75) is 32.5 Å². The van der Waals surface area contributed by atoms with E-state index in [1.54, 1.807) is 7.11 Å². The van der Waals surface area contributed by atoms with Crippen molar-refractivity contribution >= 4 is 0 Å². The maximum absolute atomic E-state index is 10.4. The Morgan fingerprint density at radius 2 is 1.90 bits per heavy atom. The number of hydrogen-bond acceptors (Lipinski definition) is 3. The fraction of sp³-hybridized carbons (Fsp3) is 0.333. The summed E-state index contributed by atoms with van der Waals surface area (Å²) in [5, 5.41) is 10.4. The average Bonchev–Trinajstić information content (AvgIpc) is 2.47. The Balaban J connectivity index is 1.94. The first-order valence-corrected chi connectivity index (χ1v) is 7.18. The minimum absolute atomic E-state index is 0.110. The topological polar surface area (TPSA) is 38.7 Å². The van der Waals surface area contributed by atoms with Crippen molar-refractivity contribution in [3.63, 3.8) is 0 Å². The standard InChI is InChI=1S/C18H20O3/c1-11-4-6-14(12(2)8-11)18-10-16(19)15-9-13(20-3)5-7-17(15)21-18/h4-9,16,18-19H,10H2,1-3H3. The Kier molecular flexibility index (Phi) is 3.60. The van der Waals surface area contributed by atoms with Gasteiger partial charge in [0.2, 0.25) is 0 Å². The van der Waals surface area contributed by atoms with E-state index >= 15 is 0 Å². The molecule has 3 heteroatoms. The van der Waals surface area contributed by atoms with Gasteiger partial charge in [0.1, 0.15) is 17.6 Å². The maximum Gasteiger partial charge on any atom is 0.127 e. The van der Waals surface area contributed by atoms with Crippen LogP contribution in [0.1, 0.15) is 40.9 Å². The first-order valence-electron chi connectivity index (χ1n) is 7.18. The number of ether oxygens (including phenoxy) is 2. The van der Waals surface area contributed by atoms with Gasteiger partial charge in [0, 0.05) is 12.0 Å². The van der Waals surface area contributed by atoms with Crippen LogP contribution in [0.2, 0.25) is 0 Å². The van der Waals surface area contributed by atoms with E-state index in [1.807, 2.05) is 18.2 Å². The minimum atomic E-state index is -0.533. The van der Waals surface area contributed by atoms with Crippen LogP contribution in [-0.2, 0) is 0 Å². The SMILES string of the molecule is COc1ccc2c(c1)C(O)CC(c1ccc(C)cc1C)O2. The van der Waals surface area contributed by atoms with Crippen LogP contribution in [0.4, 0.5) is 0 Å². The summed E-state index contributed by atoms with van der Waals surface area (Å²) in [7, 11) is 1.62. The van der Waals surface area contributed by atoms with Gasteiger partial charge in [0.05, 0.1) is 13.2 Å². The second-order valence-corrected chi connectivity index (χ2v) is 5.62. The molecular formula is C18H20O3. The highest BCUT2D eigenvalue weighted by molar-refractivity contribution is 5.44. The van der Waals surface area contributed by atoms with E-state index in [4.69, 9.17) is 9.47 Å². The van der Waals surface area contributed by atoms with Gasteiger partial charge < -0.3 is 14.6 Å². The van der Waals surface area contributed by atoms with Crippen molar-refractivity contribution in [2.24, 2.45) is 0 Å². The Labute approximate surface area is 125 Å². The Bertz CT molecular complexity index is 664. The molecule has 0 saturated carbocycles. The highest BCUT2D eigenvalue weighted by atomic mass is 16.5. The second-order valence-electron chi connectivity index (χ2n) is 5.62. The molecular weight excluding hydrogens is 264 g/mol. The summed E-state index contributed by atoms with van der Waals surface area (Å²) in [4.78, 5) is 0. The van der Waals surface area contributed by atoms with Crippen molar-refractivity contribution in [3.8, 4) is 11.5 Å². The van der Waals surface area contributed by atoms with E-state index in [0.717, 1.165) is 22.6 Å². The monoisotopic (exact) mass is 284 g/mol. The van der Waals surface area contributed by atoms with Crippen LogP contribution in [0.25, 0.3) is 0 Å². The van der Waals surface area contributed by atoms with Crippen LogP contribution in [0.15, 0.2) is 36.4 Å². The molecule has 0 radical (unpaired) electrons.